The van der Waals surface area contributed by atoms with E-state index >= 15 is 0 Å². The van der Waals surface area contributed by atoms with E-state index < -0.39 is 0 Å². The number of carbonyl (C=O) groups excluding carboxylic acids is 2. The number of piperazine rings is 1. The lowest BCUT2D eigenvalue weighted by atomic mass is 10.1. The van der Waals surface area contributed by atoms with Crippen LogP contribution in [-0.2, 0) is 4.79 Å². The molecule has 2 aliphatic heterocycles. The van der Waals surface area contributed by atoms with Gasteiger partial charge in [0, 0.05) is 50.5 Å². The van der Waals surface area contributed by atoms with E-state index in [-0.39, 0.29) is 17.9 Å². The molecule has 0 aliphatic carbocycles. The minimum Gasteiger partial charge on any atom is -0.369 e. The molecule has 1 N–H and O–H groups in total. The Labute approximate surface area is 184 Å². The fourth-order valence-corrected chi connectivity index (χ4v) is 4.53. The highest BCUT2D eigenvalue weighted by atomic mass is 16.2. The summed E-state index contributed by atoms with van der Waals surface area (Å²) in [5, 5.41) is 3.07. The van der Waals surface area contributed by atoms with Gasteiger partial charge in [-0.25, -0.2) is 0 Å². The molecule has 2 aromatic rings. The number of hydrogen-bond acceptors (Lipinski definition) is 4. The average molecular weight is 421 g/mol. The number of rotatable bonds is 7. The van der Waals surface area contributed by atoms with Gasteiger partial charge in [-0.15, -0.1) is 0 Å². The quantitative estimate of drug-likeness (QED) is 0.700. The van der Waals surface area contributed by atoms with Crippen molar-refractivity contribution in [1.29, 1.82) is 0 Å². The van der Waals surface area contributed by atoms with Gasteiger partial charge in [-0.2, -0.15) is 0 Å². The molecule has 164 valence electrons. The first-order valence-electron chi connectivity index (χ1n) is 11.4. The van der Waals surface area contributed by atoms with Gasteiger partial charge in [0.05, 0.1) is 0 Å². The molecular weight excluding hydrogens is 388 g/mol. The predicted molar refractivity (Wildman–Crippen MR) is 123 cm³/mol. The number of amides is 2. The third-order valence-electron chi connectivity index (χ3n) is 6.28. The molecule has 2 aromatic carbocycles. The third kappa shape index (κ3) is 5.44. The second kappa shape index (κ2) is 10.4. The number of nitrogens with one attached hydrogen (secondary N) is 1. The van der Waals surface area contributed by atoms with E-state index in [0.29, 0.717) is 18.7 Å². The molecule has 2 saturated heterocycles. The number of hydrogen-bond donors (Lipinski definition) is 1. The second-order valence-corrected chi connectivity index (χ2v) is 8.33. The van der Waals surface area contributed by atoms with Crippen molar-refractivity contribution in [3.8, 4) is 0 Å². The molecule has 0 radical (unpaired) electrons. The fourth-order valence-electron chi connectivity index (χ4n) is 4.53. The van der Waals surface area contributed by atoms with E-state index in [9.17, 15) is 9.59 Å². The Kier molecular flexibility index (Phi) is 7.20. The van der Waals surface area contributed by atoms with Crippen molar-refractivity contribution in [2.75, 3.05) is 50.7 Å². The maximum absolute atomic E-state index is 12.8. The summed E-state index contributed by atoms with van der Waals surface area (Å²) in [6.45, 7) is 6.46. The Bertz CT molecular complexity index is 850. The highest BCUT2D eigenvalue weighted by Crippen LogP contribution is 2.20. The zero-order valence-corrected chi connectivity index (χ0v) is 18.1. The molecule has 1 atom stereocenters. The van der Waals surface area contributed by atoms with Crippen LogP contribution in [0.2, 0.25) is 0 Å². The first kappa shape index (κ1) is 21.4. The van der Waals surface area contributed by atoms with Gasteiger partial charge >= 0.3 is 0 Å². The summed E-state index contributed by atoms with van der Waals surface area (Å²) < 4.78 is 0. The summed E-state index contributed by atoms with van der Waals surface area (Å²) in [5.41, 5.74) is 1.94. The number of anilines is 1. The van der Waals surface area contributed by atoms with Crippen molar-refractivity contribution in [3.05, 3.63) is 66.2 Å². The van der Waals surface area contributed by atoms with E-state index in [1.54, 1.807) is 4.90 Å². The SMILES string of the molecule is O=C(NCCCN1CCN(c2ccccc2)CC1)C1CCCN1C(=O)c1ccccc1. The minimum atomic E-state index is -0.345. The summed E-state index contributed by atoms with van der Waals surface area (Å²) in [7, 11) is 0. The maximum Gasteiger partial charge on any atom is 0.254 e. The van der Waals surface area contributed by atoms with Crippen LogP contribution in [0.15, 0.2) is 60.7 Å². The largest absolute Gasteiger partial charge is 0.369 e. The fraction of sp³-hybridized carbons (Fsp3) is 0.440. The zero-order chi connectivity index (χ0) is 21.5. The highest BCUT2D eigenvalue weighted by Gasteiger charge is 2.34. The summed E-state index contributed by atoms with van der Waals surface area (Å²) in [5.74, 6) is -0.0646. The lowest BCUT2D eigenvalue weighted by molar-refractivity contribution is -0.124. The Morgan fingerprint density at radius 1 is 0.871 bits per heavy atom. The molecule has 0 bridgehead atoms. The molecule has 2 fully saturated rings. The van der Waals surface area contributed by atoms with Crippen molar-refractivity contribution in [2.45, 2.75) is 25.3 Å². The molecule has 31 heavy (non-hydrogen) atoms. The van der Waals surface area contributed by atoms with Crippen molar-refractivity contribution in [2.24, 2.45) is 0 Å². The van der Waals surface area contributed by atoms with Crippen LogP contribution < -0.4 is 10.2 Å². The van der Waals surface area contributed by atoms with E-state index in [4.69, 9.17) is 0 Å². The molecule has 2 aliphatic rings. The van der Waals surface area contributed by atoms with Crippen molar-refractivity contribution in [1.82, 2.24) is 15.1 Å². The average Bonchev–Trinajstić information content (AvgIpc) is 3.33. The molecule has 2 amide bonds. The molecule has 6 heteroatoms. The van der Waals surface area contributed by atoms with Crippen molar-refractivity contribution in [3.63, 3.8) is 0 Å². The summed E-state index contributed by atoms with van der Waals surface area (Å²) in [6, 6.07) is 19.5. The van der Waals surface area contributed by atoms with Crippen LogP contribution in [0.5, 0.6) is 0 Å². The molecule has 0 aromatic heterocycles. The van der Waals surface area contributed by atoms with Gasteiger partial charge in [-0.3, -0.25) is 14.5 Å². The van der Waals surface area contributed by atoms with E-state index in [1.165, 1.54) is 5.69 Å². The number of nitrogens with zero attached hydrogens (tertiary/aromatic N) is 3. The Morgan fingerprint density at radius 2 is 1.55 bits per heavy atom. The van der Waals surface area contributed by atoms with Crippen LogP contribution in [0.1, 0.15) is 29.6 Å². The Morgan fingerprint density at radius 3 is 2.26 bits per heavy atom. The lowest BCUT2D eigenvalue weighted by Gasteiger charge is -2.36. The first-order chi connectivity index (χ1) is 15.2. The number of para-hydroxylation sites is 1. The van der Waals surface area contributed by atoms with Crippen LogP contribution >= 0.6 is 0 Å². The molecule has 0 saturated carbocycles. The summed E-state index contributed by atoms with van der Waals surface area (Å²) in [4.78, 5) is 32.1. The molecule has 6 nitrogen and oxygen atoms in total. The van der Waals surface area contributed by atoms with Crippen LogP contribution in [-0.4, -0.2) is 73.5 Å². The molecule has 1 unspecified atom stereocenters. The van der Waals surface area contributed by atoms with Gasteiger partial charge in [0.1, 0.15) is 6.04 Å². The lowest BCUT2D eigenvalue weighted by Crippen LogP contribution is -2.48. The van der Waals surface area contributed by atoms with Gasteiger partial charge in [0.25, 0.3) is 5.91 Å². The standard InChI is InChI=1S/C25H32N4O2/c30-24(23-13-7-16-29(23)25(31)21-9-3-1-4-10-21)26-14-8-15-27-17-19-28(20-18-27)22-11-5-2-6-12-22/h1-6,9-12,23H,7-8,13-20H2,(H,26,30). The van der Waals surface area contributed by atoms with Gasteiger partial charge in [-0.05, 0) is 50.1 Å². The molecule has 2 heterocycles. The second-order valence-electron chi connectivity index (χ2n) is 8.33. The smallest absolute Gasteiger partial charge is 0.254 e. The van der Waals surface area contributed by atoms with Crippen molar-refractivity contribution >= 4 is 17.5 Å². The first-order valence-corrected chi connectivity index (χ1v) is 11.4. The molecule has 0 spiro atoms. The van der Waals surface area contributed by atoms with Crippen LogP contribution in [0.3, 0.4) is 0 Å². The zero-order valence-electron chi connectivity index (χ0n) is 18.1. The number of carbonyl (C=O) groups is 2. The number of likely N-dealkylation sites (tertiary alicyclic amines) is 1. The van der Waals surface area contributed by atoms with Gasteiger partial charge in [-0.1, -0.05) is 36.4 Å². The predicted octanol–water partition coefficient (Wildman–Crippen LogP) is 2.62. The third-order valence-corrected chi connectivity index (χ3v) is 6.28. The minimum absolute atomic E-state index is 0.0179. The maximum atomic E-state index is 12.8. The number of benzene rings is 2. The van der Waals surface area contributed by atoms with Gasteiger partial charge < -0.3 is 15.1 Å². The molecule has 4 rings (SSSR count). The Balaban J connectivity index is 1.17. The van der Waals surface area contributed by atoms with Crippen LogP contribution in [0.4, 0.5) is 5.69 Å². The monoisotopic (exact) mass is 420 g/mol. The van der Waals surface area contributed by atoms with Gasteiger partial charge in [0.2, 0.25) is 5.91 Å². The van der Waals surface area contributed by atoms with Gasteiger partial charge in [0.15, 0.2) is 0 Å². The normalized spacial score (nSPS) is 19.4. The molecular formula is C25H32N4O2. The summed E-state index contributed by atoms with van der Waals surface area (Å²) >= 11 is 0. The van der Waals surface area contributed by atoms with E-state index in [2.05, 4.69) is 45.4 Å². The summed E-state index contributed by atoms with van der Waals surface area (Å²) in [6.07, 6.45) is 2.55. The van der Waals surface area contributed by atoms with E-state index in [0.717, 1.165) is 52.0 Å². The Hall–Kier alpha value is -2.86. The van der Waals surface area contributed by atoms with Crippen molar-refractivity contribution < 1.29 is 9.59 Å². The van der Waals surface area contributed by atoms with Crippen LogP contribution in [0, 0.1) is 0 Å². The highest BCUT2D eigenvalue weighted by molar-refractivity contribution is 5.97. The van der Waals surface area contributed by atoms with Crippen LogP contribution in [0.25, 0.3) is 0 Å². The van der Waals surface area contributed by atoms with E-state index in [1.807, 2.05) is 30.3 Å². The topological polar surface area (TPSA) is 55.9 Å².